The third kappa shape index (κ3) is 3.63. The van der Waals surface area contributed by atoms with Crippen molar-refractivity contribution in [1.82, 2.24) is 19.5 Å². The number of fused-ring (bicyclic) bond motifs is 2. The topological polar surface area (TPSA) is 133 Å². The van der Waals surface area contributed by atoms with E-state index in [4.69, 9.17) is 28.8 Å². The average molecular weight is 447 g/mol. The lowest BCUT2D eigenvalue weighted by atomic mass is 10.0. The van der Waals surface area contributed by atoms with Gasteiger partial charge in [-0.05, 0) is 19.1 Å². The molecule has 2 aromatic heterocycles. The van der Waals surface area contributed by atoms with Crippen LogP contribution in [0.25, 0.3) is 11.2 Å². The summed E-state index contributed by atoms with van der Waals surface area (Å²) < 4.78 is 43.3. The van der Waals surface area contributed by atoms with Crippen LogP contribution in [0.15, 0.2) is 36.7 Å². The molecule has 11 nitrogen and oxygen atoms in total. The number of phosphoric ester groups is 1. The molecule has 2 fully saturated rings. The van der Waals surface area contributed by atoms with Crippen molar-refractivity contribution in [3.8, 4) is 11.6 Å². The molecule has 31 heavy (non-hydrogen) atoms. The highest BCUT2D eigenvalue weighted by Gasteiger charge is 2.53. The minimum absolute atomic E-state index is 0.0705. The van der Waals surface area contributed by atoms with Gasteiger partial charge < -0.3 is 19.7 Å². The first-order chi connectivity index (χ1) is 15.0. The summed E-state index contributed by atoms with van der Waals surface area (Å²) in [5.74, 6) is 0.586. The summed E-state index contributed by atoms with van der Waals surface area (Å²) in [6.45, 7) is 4.28. The number of phosphoric acid groups is 1. The van der Waals surface area contributed by atoms with E-state index in [1.54, 1.807) is 35.2 Å². The number of nitrogen functional groups attached to an aromatic ring is 1. The van der Waals surface area contributed by atoms with Crippen molar-refractivity contribution in [3.05, 3.63) is 36.7 Å². The van der Waals surface area contributed by atoms with Crippen molar-refractivity contribution in [2.24, 2.45) is 5.92 Å². The molecule has 12 heteroatoms. The van der Waals surface area contributed by atoms with E-state index < -0.39 is 26.3 Å². The number of anilines is 1. The van der Waals surface area contributed by atoms with E-state index in [1.807, 2.05) is 19.9 Å². The average Bonchev–Trinajstić information content (AvgIpc) is 3.30. The first-order valence-electron chi connectivity index (χ1n) is 9.93. The Hall–Kier alpha value is -2.72. The number of hydrogen-bond acceptors (Lipinski definition) is 10. The summed E-state index contributed by atoms with van der Waals surface area (Å²) in [7, 11) is -3.79. The highest BCUT2D eigenvalue weighted by Crippen LogP contribution is 2.57. The van der Waals surface area contributed by atoms with E-state index in [-0.39, 0.29) is 18.5 Å². The van der Waals surface area contributed by atoms with Crippen LogP contribution < -0.4 is 15.0 Å². The first kappa shape index (κ1) is 20.2. The van der Waals surface area contributed by atoms with Crippen molar-refractivity contribution < 1.29 is 27.6 Å². The lowest BCUT2D eigenvalue weighted by Crippen LogP contribution is -2.36. The molecule has 5 rings (SSSR count). The predicted molar refractivity (Wildman–Crippen MR) is 109 cm³/mol. The molecule has 2 N–H and O–H groups in total. The lowest BCUT2D eigenvalue weighted by molar-refractivity contribution is -0.0649. The second kappa shape index (κ2) is 7.76. The Balaban J connectivity index is 1.41. The van der Waals surface area contributed by atoms with E-state index >= 15 is 0 Å². The van der Waals surface area contributed by atoms with Crippen molar-refractivity contribution in [2.45, 2.75) is 32.3 Å². The Kier molecular flexibility index (Phi) is 5.05. The fourth-order valence-corrected chi connectivity index (χ4v) is 5.32. The Labute approximate surface area is 178 Å². The zero-order chi connectivity index (χ0) is 21.6. The molecule has 0 spiro atoms. The summed E-state index contributed by atoms with van der Waals surface area (Å²) in [5.41, 5.74) is 6.83. The van der Waals surface area contributed by atoms with Gasteiger partial charge in [-0.3, -0.25) is 13.6 Å². The normalized spacial score (nSPS) is 30.3. The Morgan fingerprint density at radius 1 is 1.29 bits per heavy atom. The van der Waals surface area contributed by atoms with Gasteiger partial charge in [-0.2, -0.15) is 9.97 Å². The van der Waals surface area contributed by atoms with Crippen molar-refractivity contribution in [3.63, 3.8) is 0 Å². The van der Waals surface area contributed by atoms with Crippen molar-refractivity contribution in [2.75, 3.05) is 18.9 Å². The highest BCUT2D eigenvalue weighted by molar-refractivity contribution is 7.49. The van der Waals surface area contributed by atoms with Gasteiger partial charge in [-0.1, -0.05) is 25.1 Å². The second-order valence-electron chi connectivity index (χ2n) is 7.29. The van der Waals surface area contributed by atoms with E-state index in [1.165, 1.54) is 0 Å². The first-order valence-corrected chi connectivity index (χ1v) is 11.4. The number of rotatable bonds is 5. The maximum Gasteiger partial charge on any atom is 0.530 e. The Morgan fingerprint density at radius 3 is 2.87 bits per heavy atom. The lowest BCUT2D eigenvalue weighted by Gasteiger charge is -2.31. The number of para-hydroxylation sites is 1. The van der Waals surface area contributed by atoms with Crippen LogP contribution in [-0.4, -0.2) is 44.9 Å². The van der Waals surface area contributed by atoms with Gasteiger partial charge in [0, 0.05) is 5.92 Å². The molecule has 0 radical (unpaired) electrons. The monoisotopic (exact) mass is 447 g/mol. The zero-order valence-corrected chi connectivity index (χ0v) is 17.8. The van der Waals surface area contributed by atoms with Crippen LogP contribution in [-0.2, 0) is 18.3 Å². The minimum atomic E-state index is -3.79. The summed E-state index contributed by atoms with van der Waals surface area (Å²) >= 11 is 0. The van der Waals surface area contributed by atoms with Gasteiger partial charge in [0.2, 0.25) is 11.8 Å². The molecule has 4 heterocycles. The SMILES string of the molecule is CCOc1nc(N)nc2c1ncn2C1OC2COP(=O)(Oc3ccccc3)OC2C1C. The standard InChI is InChI=1S/C19H22N5O6P/c1-3-26-17-14-16(22-19(20)23-17)24(10-21-14)18-11(2)15-13(28-18)9-27-31(25,30-15)29-12-7-5-4-6-8-12/h4-8,10-11,13,15,18H,3,9H2,1-2H3,(H2,20,22,23). The molecule has 1 aromatic carbocycles. The van der Waals surface area contributed by atoms with E-state index in [0.717, 1.165) is 0 Å². The molecule has 3 aromatic rings. The molecule has 2 aliphatic heterocycles. The van der Waals surface area contributed by atoms with Gasteiger partial charge in [0.1, 0.15) is 24.2 Å². The highest BCUT2D eigenvalue weighted by atomic mass is 31.2. The predicted octanol–water partition coefficient (Wildman–Crippen LogP) is 2.94. The van der Waals surface area contributed by atoms with Crippen LogP contribution in [0.4, 0.5) is 5.95 Å². The molecule has 0 bridgehead atoms. The number of benzene rings is 1. The second-order valence-corrected chi connectivity index (χ2v) is 8.83. The maximum absolute atomic E-state index is 13.1. The van der Waals surface area contributed by atoms with Gasteiger partial charge in [0.25, 0.3) is 0 Å². The molecule has 164 valence electrons. The number of ether oxygens (including phenoxy) is 2. The summed E-state index contributed by atoms with van der Waals surface area (Å²) in [6, 6.07) is 8.77. The number of nitrogens with two attached hydrogens (primary N) is 1. The molecule has 5 atom stereocenters. The van der Waals surface area contributed by atoms with Gasteiger partial charge >= 0.3 is 7.82 Å². The third-order valence-corrected chi connectivity index (χ3v) is 6.62. The van der Waals surface area contributed by atoms with Crippen LogP contribution in [0.1, 0.15) is 20.1 Å². The minimum Gasteiger partial charge on any atom is -0.476 e. The molecule has 0 amide bonds. The molecule has 5 unspecified atom stereocenters. The van der Waals surface area contributed by atoms with Gasteiger partial charge in [-0.15, -0.1) is 0 Å². The molecule has 0 saturated carbocycles. The zero-order valence-electron chi connectivity index (χ0n) is 17.0. The third-order valence-electron chi connectivity index (χ3n) is 5.22. The van der Waals surface area contributed by atoms with Crippen molar-refractivity contribution >= 4 is 24.9 Å². The van der Waals surface area contributed by atoms with E-state index in [2.05, 4.69) is 15.0 Å². The van der Waals surface area contributed by atoms with Crippen LogP contribution in [0.2, 0.25) is 0 Å². The number of aromatic nitrogens is 4. The van der Waals surface area contributed by atoms with E-state index in [9.17, 15) is 4.57 Å². The van der Waals surface area contributed by atoms with Gasteiger partial charge in [0.05, 0.1) is 19.5 Å². The van der Waals surface area contributed by atoms with Crippen LogP contribution in [0.3, 0.4) is 0 Å². The molecular weight excluding hydrogens is 425 g/mol. The molecule has 2 saturated heterocycles. The largest absolute Gasteiger partial charge is 0.530 e. The fourth-order valence-electron chi connectivity index (χ4n) is 3.83. The Morgan fingerprint density at radius 2 is 2.10 bits per heavy atom. The van der Waals surface area contributed by atoms with Gasteiger partial charge in [0.15, 0.2) is 11.2 Å². The summed E-state index contributed by atoms with van der Waals surface area (Å²) in [6.07, 6.45) is 0.178. The summed E-state index contributed by atoms with van der Waals surface area (Å²) in [4.78, 5) is 12.8. The quantitative estimate of drug-likeness (QED) is 0.582. The Bertz CT molecular complexity index is 1140. The summed E-state index contributed by atoms with van der Waals surface area (Å²) in [5, 5.41) is 0. The molecule has 0 aliphatic carbocycles. The fraction of sp³-hybridized carbons (Fsp3) is 0.421. The van der Waals surface area contributed by atoms with Crippen LogP contribution in [0, 0.1) is 5.92 Å². The number of hydrogen-bond donors (Lipinski definition) is 1. The molecule has 2 aliphatic rings. The van der Waals surface area contributed by atoms with E-state index in [0.29, 0.717) is 29.4 Å². The van der Waals surface area contributed by atoms with Gasteiger partial charge in [-0.25, -0.2) is 9.55 Å². The number of nitrogens with zero attached hydrogens (tertiary/aromatic N) is 4. The molecular formula is C19H22N5O6P. The number of imidazole rings is 1. The smallest absolute Gasteiger partial charge is 0.476 e. The van der Waals surface area contributed by atoms with Crippen LogP contribution >= 0.6 is 7.82 Å². The maximum atomic E-state index is 13.1. The van der Waals surface area contributed by atoms with Crippen molar-refractivity contribution in [1.29, 1.82) is 0 Å². The van der Waals surface area contributed by atoms with Crippen LogP contribution in [0.5, 0.6) is 11.6 Å².